The van der Waals surface area contributed by atoms with Crippen LogP contribution in [0.15, 0.2) is 42.7 Å². The second-order valence-corrected chi connectivity index (χ2v) is 5.00. The summed E-state index contributed by atoms with van der Waals surface area (Å²) in [5, 5.41) is 7.93. The monoisotopic (exact) mass is 257 g/mol. The van der Waals surface area contributed by atoms with Gasteiger partial charge in [-0.05, 0) is 31.9 Å². The molecular weight excluding hydrogens is 234 g/mol. The Hall–Kier alpha value is -1.61. The van der Waals surface area contributed by atoms with Gasteiger partial charge < -0.3 is 5.32 Å². The molecule has 0 amide bonds. The zero-order chi connectivity index (χ0) is 13.5. The first kappa shape index (κ1) is 13.8. The molecule has 102 valence electrons. The minimum absolute atomic E-state index is 0.546. The summed E-state index contributed by atoms with van der Waals surface area (Å²) in [4.78, 5) is 0. The predicted octanol–water partition coefficient (Wildman–Crippen LogP) is 3.33. The summed E-state index contributed by atoms with van der Waals surface area (Å²) < 4.78 is 2.03. The molecule has 3 heteroatoms. The summed E-state index contributed by atoms with van der Waals surface area (Å²) in [7, 11) is 0. The first-order chi connectivity index (χ1) is 9.29. The van der Waals surface area contributed by atoms with Crippen molar-refractivity contribution < 1.29 is 0 Å². The first-order valence-corrected chi connectivity index (χ1v) is 7.11. The summed E-state index contributed by atoms with van der Waals surface area (Å²) in [5.41, 5.74) is 2.42. The molecule has 3 nitrogen and oxygen atoms in total. The highest BCUT2D eigenvalue weighted by Crippen LogP contribution is 2.17. The van der Waals surface area contributed by atoms with Crippen LogP contribution < -0.4 is 5.32 Å². The molecule has 0 aliphatic rings. The average Bonchev–Trinajstić information content (AvgIpc) is 2.93. The van der Waals surface area contributed by atoms with Crippen molar-refractivity contribution in [1.29, 1.82) is 0 Å². The summed E-state index contributed by atoms with van der Waals surface area (Å²) in [6.07, 6.45) is 6.36. The number of hydrogen-bond donors (Lipinski definition) is 1. The Morgan fingerprint density at radius 2 is 2.00 bits per heavy atom. The molecule has 19 heavy (non-hydrogen) atoms. The second kappa shape index (κ2) is 7.10. The molecule has 1 unspecified atom stereocenters. The van der Waals surface area contributed by atoms with Gasteiger partial charge in [0.25, 0.3) is 0 Å². The summed E-state index contributed by atoms with van der Waals surface area (Å²) in [6, 6.07) is 10.9. The van der Waals surface area contributed by atoms with Gasteiger partial charge in [-0.3, -0.25) is 4.68 Å². The Labute approximate surface area is 115 Å². The van der Waals surface area contributed by atoms with Gasteiger partial charge in [0.2, 0.25) is 0 Å². The van der Waals surface area contributed by atoms with Crippen LogP contribution >= 0.6 is 0 Å². The molecule has 0 aliphatic heterocycles. The van der Waals surface area contributed by atoms with E-state index in [1.807, 2.05) is 16.9 Å². The molecule has 0 fully saturated rings. The summed E-state index contributed by atoms with van der Waals surface area (Å²) in [5.74, 6) is 0. The molecule has 0 radical (unpaired) electrons. The Balaban J connectivity index is 1.88. The van der Waals surface area contributed by atoms with Gasteiger partial charge >= 0.3 is 0 Å². The molecule has 2 rings (SSSR count). The third-order valence-corrected chi connectivity index (χ3v) is 3.27. The number of aromatic nitrogens is 2. The van der Waals surface area contributed by atoms with Gasteiger partial charge in [0, 0.05) is 24.3 Å². The number of nitrogens with one attached hydrogen (secondary N) is 1. The Morgan fingerprint density at radius 3 is 2.74 bits per heavy atom. The van der Waals surface area contributed by atoms with Crippen molar-refractivity contribution in [2.45, 2.75) is 39.3 Å². The van der Waals surface area contributed by atoms with Crippen molar-refractivity contribution in [3.05, 3.63) is 42.7 Å². The van der Waals surface area contributed by atoms with Crippen molar-refractivity contribution in [1.82, 2.24) is 15.1 Å². The fraction of sp³-hybridized carbons (Fsp3) is 0.438. The molecule has 1 heterocycles. The normalized spacial score (nSPS) is 12.5. The van der Waals surface area contributed by atoms with E-state index in [-0.39, 0.29) is 0 Å². The van der Waals surface area contributed by atoms with Crippen molar-refractivity contribution >= 4 is 0 Å². The van der Waals surface area contributed by atoms with E-state index in [0.29, 0.717) is 6.04 Å². The highest BCUT2D eigenvalue weighted by Gasteiger charge is 2.03. The number of hydrogen-bond acceptors (Lipinski definition) is 2. The zero-order valence-electron chi connectivity index (χ0n) is 11.8. The lowest BCUT2D eigenvalue weighted by molar-refractivity contribution is 0.459. The quantitative estimate of drug-likeness (QED) is 0.824. The van der Waals surface area contributed by atoms with Crippen LogP contribution in [0.5, 0.6) is 0 Å². The molecule has 0 aliphatic carbocycles. The fourth-order valence-electron chi connectivity index (χ4n) is 2.08. The standard InChI is InChI=1S/C16H23N3/c1-3-10-17-14(2)9-11-19-13-16(12-18-19)15-7-5-4-6-8-15/h4-8,12-14,17H,3,9-11H2,1-2H3. The number of rotatable bonds is 7. The highest BCUT2D eigenvalue weighted by molar-refractivity contribution is 5.61. The fourth-order valence-corrected chi connectivity index (χ4v) is 2.08. The largest absolute Gasteiger partial charge is 0.314 e. The van der Waals surface area contributed by atoms with E-state index in [4.69, 9.17) is 0 Å². The maximum absolute atomic E-state index is 4.43. The van der Waals surface area contributed by atoms with Crippen molar-refractivity contribution in [2.75, 3.05) is 6.54 Å². The van der Waals surface area contributed by atoms with E-state index >= 15 is 0 Å². The minimum Gasteiger partial charge on any atom is -0.314 e. The van der Waals surface area contributed by atoms with Gasteiger partial charge in [0.15, 0.2) is 0 Å². The topological polar surface area (TPSA) is 29.9 Å². The number of benzene rings is 1. The van der Waals surface area contributed by atoms with Crippen molar-refractivity contribution in [3.8, 4) is 11.1 Å². The van der Waals surface area contributed by atoms with E-state index in [2.05, 4.69) is 54.7 Å². The summed E-state index contributed by atoms with van der Waals surface area (Å²) in [6.45, 7) is 6.48. The molecule has 0 bridgehead atoms. The Morgan fingerprint density at radius 1 is 1.21 bits per heavy atom. The van der Waals surface area contributed by atoms with Crippen LogP contribution in [0, 0.1) is 0 Å². The van der Waals surface area contributed by atoms with Crippen LogP contribution in [0.1, 0.15) is 26.7 Å². The van der Waals surface area contributed by atoms with Crippen LogP contribution in [0.25, 0.3) is 11.1 Å². The molecule has 1 atom stereocenters. The number of aryl methyl sites for hydroxylation is 1. The van der Waals surface area contributed by atoms with Crippen molar-refractivity contribution in [3.63, 3.8) is 0 Å². The lowest BCUT2D eigenvalue weighted by atomic mass is 10.1. The number of nitrogens with zero attached hydrogens (tertiary/aromatic N) is 2. The molecular formula is C16H23N3. The average molecular weight is 257 g/mol. The maximum Gasteiger partial charge on any atom is 0.0568 e. The van der Waals surface area contributed by atoms with Gasteiger partial charge in [0.05, 0.1) is 6.20 Å². The third kappa shape index (κ3) is 4.21. The van der Waals surface area contributed by atoms with Gasteiger partial charge in [0.1, 0.15) is 0 Å². The van der Waals surface area contributed by atoms with Crippen LogP contribution in [-0.4, -0.2) is 22.4 Å². The zero-order valence-corrected chi connectivity index (χ0v) is 11.8. The van der Waals surface area contributed by atoms with E-state index in [1.54, 1.807) is 0 Å². The van der Waals surface area contributed by atoms with E-state index < -0.39 is 0 Å². The van der Waals surface area contributed by atoms with E-state index in [0.717, 1.165) is 19.5 Å². The first-order valence-electron chi connectivity index (χ1n) is 7.11. The van der Waals surface area contributed by atoms with Crippen LogP contribution in [0.4, 0.5) is 0 Å². The smallest absolute Gasteiger partial charge is 0.0568 e. The Kier molecular flexibility index (Phi) is 5.16. The van der Waals surface area contributed by atoms with Gasteiger partial charge in [-0.1, -0.05) is 37.3 Å². The Bertz CT molecular complexity index is 476. The van der Waals surface area contributed by atoms with E-state index in [9.17, 15) is 0 Å². The second-order valence-electron chi connectivity index (χ2n) is 5.00. The molecule has 1 N–H and O–H groups in total. The van der Waals surface area contributed by atoms with Gasteiger partial charge in [-0.15, -0.1) is 0 Å². The molecule has 1 aromatic heterocycles. The van der Waals surface area contributed by atoms with Gasteiger partial charge in [-0.25, -0.2) is 0 Å². The maximum atomic E-state index is 4.43. The highest BCUT2D eigenvalue weighted by atomic mass is 15.3. The molecule has 0 saturated heterocycles. The van der Waals surface area contributed by atoms with Crippen molar-refractivity contribution in [2.24, 2.45) is 0 Å². The van der Waals surface area contributed by atoms with E-state index in [1.165, 1.54) is 17.5 Å². The third-order valence-electron chi connectivity index (χ3n) is 3.27. The molecule has 1 aromatic carbocycles. The SMILES string of the molecule is CCCNC(C)CCn1cc(-c2ccccc2)cn1. The lowest BCUT2D eigenvalue weighted by Crippen LogP contribution is -2.27. The van der Waals surface area contributed by atoms with Gasteiger partial charge in [-0.2, -0.15) is 5.10 Å². The molecule has 2 aromatic rings. The molecule has 0 spiro atoms. The lowest BCUT2D eigenvalue weighted by Gasteiger charge is -2.12. The van der Waals surface area contributed by atoms with Crippen LogP contribution in [0.3, 0.4) is 0 Å². The minimum atomic E-state index is 0.546. The molecule has 0 saturated carbocycles. The summed E-state index contributed by atoms with van der Waals surface area (Å²) >= 11 is 0. The predicted molar refractivity (Wildman–Crippen MR) is 80.0 cm³/mol. The van der Waals surface area contributed by atoms with Crippen LogP contribution in [0.2, 0.25) is 0 Å². The van der Waals surface area contributed by atoms with Crippen LogP contribution in [-0.2, 0) is 6.54 Å².